The van der Waals surface area contributed by atoms with E-state index in [0.29, 0.717) is 5.69 Å². The summed E-state index contributed by atoms with van der Waals surface area (Å²) in [6.07, 6.45) is 0.760. The number of aryl methyl sites for hydroxylation is 1. The number of alkyl halides is 2. The van der Waals surface area contributed by atoms with E-state index in [-0.39, 0.29) is 11.3 Å². The monoisotopic (exact) mass is 195 g/mol. The largest absolute Gasteiger partial charge is 0.354 e. The highest BCUT2D eigenvalue weighted by atomic mass is 19.3. The Morgan fingerprint density at radius 2 is 2.14 bits per heavy atom. The molecule has 1 nitrogen and oxygen atoms in total. The van der Waals surface area contributed by atoms with Gasteiger partial charge in [0.1, 0.15) is 0 Å². The van der Waals surface area contributed by atoms with Crippen molar-refractivity contribution in [2.24, 2.45) is 0 Å². The molecule has 0 bridgehead atoms. The first-order chi connectivity index (χ1) is 6.55. The van der Waals surface area contributed by atoms with Crippen molar-refractivity contribution in [3.63, 3.8) is 0 Å². The molecule has 14 heavy (non-hydrogen) atoms. The maximum atomic E-state index is 13.5. The van der Waals surface area contributed by atoms with Crippen LogP contribution in [0.15, 0.2) is 30.5 Å². The molecule has 0 aromatic heterocycles. The molecular formula is C11H11F2N. The number of hydrogen-bond donors (Lipinski definition) is 1. The van der Waals surface area contributed by atoms with Crippen LogP contribution in [0.4, 0.5) is 14.5 Å². The van der Waals surface area contributed by atoms with Gasteiger partial charge in [0.05, 0.1) is 11.3 Å². The molecule has 0 fully saturated rings. The molecule has 0 saturated heterocycles. The quantitative estimate of drug-likeness (QED) is 0.725. The van der Waals surface area contributed by atoms with Gasteiger partial charge in [0.15, 0.2) is 0 Å². The van der Waals surface area contributed by atoms with E-state index in [4.69, 9.17) is 0 Å². The molecule has 3 heteroatoms. The topological polar surface area (TPSA) is 12.0 Å². The Balaban J connectivity index is 2.56. The normalized spacial score (nSPS) is 17.8. The lowest BCUT2D eigenvalue weighted by molar-refractivity contribution is 0.0464. The molecule has 1 heterocycles. The third-order valence-electron chi connectivity index (χ3n) is 2.50. The van der Waals surface area contributed by atoms with E-state index < -0.39 is 5.92 Å². The fourth-order valence-corrected chi connectivity index (χ4v) is 1.58. The summed E-state index contributed by atoms with van der Waals surface area (Å²) in [6.45, 7) is 5.26. The second-order valence-corrected chi connectivity index (χ2v) is 3.41. The SMILES string of the molecule is C=C1Nc2ccc(CC)cc2C1(F)F. The molecule has 1 aromatic rings. The Bertz CT molecular complexity index is 396. The molecule has 0 aliphatic carbocycles. The summed E-state index contributed by atoms with van der Waals surface area (Å²) in [5.74, 6) is -2.93. The van der Waals surface area contributed by atoms with Gasteiger partial charge in [-0.3, -0.25) is 0 Å². The van der Waals surface area contributed by atoms with E-state index in [1.165, 1.54) is 0 Å². The zero-order valence-corrected chi connectivity index (χ0v) is 7.90. The number of fused-ring (bicyclic) bond motifs is 1. The standard InChI is InChI=1S/C11H11F2N/c1-3-8-4-5-10-9(6-8)11(12,13)7(2)14-10/h4-6,14H,2-3H2,1H3. The van der Waals surface area contributed by atoms with Gasteiger partial charge in [0.2, 0.25) is 0 Å². The van der Waals surface area contributed by atoms with Crippen molar-refractivity contribution < 1.29 is 8.78 Å². The van der Waals surface area contributed by atoms with Gasteiger partial charge in [-0.15, -0.1) is 0 Å². The number of anilines is 1. The van der Waals surface area contributed by atoms with Crippen LogP contribution in [-0.4, -0.2) is 0 Å². The Labute approximate surface area is 81.4 Å². The lowest BCUT2D eigenvalue weighted by Gasteiger charge is -2.10. The third kappa shape index (κ3) is 1.12. The van der Waals surface area contributed by atoms with Gasteiger partial charge < -0.3 is 5.32 Å². The number of halogens is 2. The van der Waals surface area contributed by atoms with Gasteiger partial charge in [-0.05, 0) is 24.1 Å². The van der Waals surface area contributed by atoms with Crippen molar-refractivity contribution >= 4 is 5.69 Å². The highest BCUT2D eigenvalue weighted by Crippen LogP contribution is 2.45. The molecule has 0 saturated carbocycles. The molecule has 1 aromatic carbocycles. The summed E-state index contributed by atoms with van der Waals surface area (Å²) >= 11 is 0. The highest BCUT2D eigenvalue weighted by molar-refractivity contribution is 5.66. The zero-order chi connectivity index (χ0) is 10.3. The van der Waals surface area contributed by atoms with Crippen molar-refractivity contribution in [2.75, 3.05) is 5.32 Å². The molecule has 0 amide bonds. The summed E-state index contributed by atoms with van der Waals surface area (Å²) in [5, 5.41) is 2.59. The molecule has 0 spiro atoms. The first kappa shape index (κ1) is 9.19. The van der Waals surface area contributed by atoms with Crippen LogP contribution in [0.2, 0.25) is 0 Å². The molecule has 74 valence electrons. The lowest BCUT2D eigenvalue weighted by atomic mass is 10.0. The number of allylic oxidation sites excluding steroid dienone is 1. The van der Waals surface area contributed by atoms with Crippen molar-refractivity contribution in [1.82, 2.24) is 0 Å². The molecule has 2 rings (SSSR count). The van der Waals surface area contributed by atoms with E-state index in [2.05, 4.69) is 11.9 Å². The zero-order valence-electron chi connectivity index (χ0n) is 7.90. The number of benzene rings is 1. The number of hydrogen-bond acceptors (Lipinski definition) is 1. The first-order valence-electron chi connectivity index (χ1n) is 4.53. The van der Waals surface area contributed by atoms with E-state index in [1.807, 2.05) is 13.0 Å². The van der Waals surface area contributed by atoms with Gasteiger partial charge in [0.25, 0.3) is 0 Å². The molecule has 1 aliphatic rings. The van der Waals surface area contributed by atoms with Crippen LogP contribution in [0.25, 0.3) is 0 Å². The summed E-state index contributed by atoms with van der Waals surface area (Å²) in [4.78, 5) is 0. The van der Waals surface area contributed by atoms with Crippen LogP contribution in [0.3, 0.4) is 0 Å². The molecule has 0 atom stereocenters. The molecule has 0 radical (unpaired) electrons. The lowest BCUT2D eigenvalue weighted by Crippen LogP contribution is -2.12. The fourth-order valence-electron chi connectivity index (χ4n) is 1.58. The minimum Gasteiger partial charge on any atom is -0.354 e. The van der Waals surface area contributed by atoms with Crippen LogP contribution >= 0.6 is 0 Å². The molecule has 1 N–H and O–H groups in total. The van der Waals surface area contributed by atoms with Crippen molar-refractivity contribution in [3.05, 3.63) is 41.6 Å². The van der Waals surface area contributed by atoms with Gasteiger partial charge in [0, 0.05) is 5.69 Å². The molecule has 0 unspecified atom stereocenters. The van der Waals surface area contributed by atoms with E-state index in [1.54, 1.807) is 12.1 Å². The fraction of sp³-hybridized carbons (Fsp3) is 0.273. The van der Waals surface area contributed by atoms with Gasteiger partial charge in [-0.2, -0.15) is 8.78 Å². The maximum absolute atomic E-state index is 13.5. The Hall–Kier alpha value is -1.38. The summed E-state index contributed by atoms with van der Waals surface area (Å²) in [7, 11) is 0. The predicted molar refractivity (Wildman–Crippen MR) is 52.5 cm³/mol. The van der Waals surface area contributed by atoms with Crippen molar-refractivity contribution in [3.8, 4) is 0 Å². The van der Waals surface area contributed by atoms with Crippen molar-refractivity contribution in [2.45, 2.75) is 19.3 Å². The summed E-state index contributed by atoms with van der Waals surface area (Å²) < 4.78 is 27.0. The van der Waals surface area contributed by atoms with E-state index >= 15 is 0 Å². The highest BCUT2D eigenvalue weighted by Gasteiger charge is 2.43. The van der Waals surface area contributed by atoms with Gasteiger partial charge >= 0.3 is 5.92 Å². The van der Waals surface area contributed by atoms with Crippen LogP contribution in [0.5, 0.6) is 0 Å². The summed E-state index contributed by atoms with van der Waals surface area (Å²) in [5.41, 5.74) is 1.19. The number of rotatable bonds is 1. The summed E-state index contributed by atoms with van der Waals surface area (Å²) in [6, 6.07) is 5.07. The van der Waals surface area contributed by atoms with Gasteiger partial charge in [-0.1, -0.05) is 19.6 Å². The van der Waals surface area contributed by atoms with E-state index in [9.17, 15) is 8.78 Å². The average molecular weight is 195 g/mol. The minimum atomic E-state index is -2.93. The Kier molecular flexibility index (Phi) is 1.84. The van der Waals surface area contributed by atoms with Crippen molar-refractivity contribution in [1.29, 1.82) is 0 Å². The van der Waals surface area contributed by atoms with Gasteiger partial charge in [-0.25, -0.2) is 0 Å². The molecular weight excluding hydrogens is 184 g/mol. The predicted octanol–water partition coefficient (Wildman–Crippen LogP) is 3.28. The minimum absolute atomic E-state index is 0.0434. The van der Waals surface area contributed by atoms with Crippen LogP contribution in [0, 0.1) is 0 Å². The van der Waals surface area contributed by atoms with Crippen LogP contribution in [0.1, 0.15) is 18.1 Å². The van der Waals surface area contributed by atoms with E-state index in [0.717, 1.165) is 12.0 Å². The first-order valence-corrected chi connectivity index (χ1v) is 4.53. The average Bonchev–Trinajstić information content (AvgIpc) is 2.38. The Morgan fingerprint density at radius 3 is 2.79 bits per heavy atom. The Morgan fingerprint density at radius 1 is 1.43 bits per heavy atom. The second kappa shape index (κ2) is 2.80. The third-order valence-corrected chi connectivity index (χ3v) is 2.50. The number of nitrogens with one attached hydrogen (secondary N) is 1. The second-order valence-electron chi connectivity index (χ2n) is 3.41. The van der Waals surface area contributed by atoms with Crippen LogP contribution in [-0.2, 0) is 12.3 Å². The van der Waals surface area contributed by atoms with Crippen LogP contribution < -0.4 is 5.32 Å². The maximum Gasteiger partial charge on any atom is 0.314 e. The smallest absolute Gasteiger partial charge is 0.314 e. The molecule has 1 aliphatic heterocycles.